The molecule has 0 aliphatic rings. The predicted octanol–water partition coefficient (Wildman–Crippen LogP) is 1.49. The second-order valence-electron chi connectivity index (χ2n) is 6.29. The third kappa shape index (κ3) is 9.37. The zero-order valence-electron chi connectivity index (χ0n) is 15.9. The molecule has 7 nitrogen and oxygen atoms in total. The normalized spacial score (nSPS) is 12.7. The maximum absolute atomic E-state index is 11.9. The van der Waals surface area contributed by atoms with Gasteiger partial charge in [-0.05, 0) is 31.0 Å². The summed E-state index contributed by atoms with van der Waals surface area (Å²) in [7, 11) is 2.14. The molecule has 0 radical (unpaired) electrons. The van der Waals surface area contributed by atoms with Gasteiger partial charge in [0.1, 0.15) is 9.84 Å². The molecule has 26 heavy (non-hydrogen) atoms. The number of rotatable bonds is 7. The molecule has 0 bridgehead atoms. The molecule has 148 valence electrons. The quantitative estimate of drug-likeness (QED) is 0.339. The Bertz CT molecular complexity index is 703. The average molecular weight is 496 g/mol. The number of sulfone groups is 1. The first-order chi connectivity index (χ1) is 11.6. The van der Waals surface area contributed by atoms with Crippen LogP contribution in [-0.2, 0) is 16.4 Å². The van der Waals surface area contributed by atoms with E-state index >= 15 is 0 Å². The van der Waals surface area contributed by atoms with Crippen LogP contribution in [-0.4, -0.2) is 64.4 Å². The molecule has 1 aromatic carbocycles. The van der Waals surface area contributed by atoms with Crippen LogP contribution in [0.15, 0.2) is 29.3 Å². The number of halogens is 1. The predicted molar refractivity (Wildman–Crippen MR) is 117 cm³/mol. The molecule has 0 aliphatic heterocycles. The van der Waals surface area contributed by atoms with Crippen LogP contribution >= 0.6 is 24.0 Å². The summed E-state index contributed by atoms with van der Waals surface area (Å²) in [4.78, 5) is 17.5. The summed E-state index contributed by atoms with van der Waals surface area (Å²) in [6.45, 7) is 2.47. The molecular formula is C17H29IN4O3S. The van der Waals surface area contributed by atoms with E-state index in [-0.39, 0.29) is 41.7 Å². The number of guanidine groups is 1. The molecule has 1 atom stereocenters. The first kappa shape index (κ1) is 24.6. The fraction of sp³-hybridized carbons (Fsp3) is 0.529. The fourth-order valence-corrected chi connectivity index (χ4v) is 2.88. The van der Waals surface area contributed by atoms with E-state index in [2.05, 4.69) is 15.6 Å². The van der Waals surface area contributed by atoms with Gasteiger partial charge in [0.2, 0.25) is 0 Å². The van der Waals surface area contributed by atoms with Crippen LogP contribution in [0.2, 0.25) is 0 Å². The summed E-state index contributed by atoms with van der Waals surface area (Å²) in [5, 5.41) is 6.35. The maximum atomic E-state index is 11.9. The number of nitrogens with one attached hydrogen (secondary N) is 2. The van der Waals surface area contributed by atoms with Crippen LogP contribution in [0.3, 0.4) is 0 Å². The highest BCUT2D eigenvalue weighted by atomic mass is 127. The van der Waals surface area contributed by atoms with E-state index in [1.807, 2.05) is 19.1 Å². The Hall–Kier alpha value is -1.36. The Labute approximate surface area is 173 Å². The molecule has 0 spiro atoms. The van der Waals surface area contributed by atoms with Crippen LogP contribution in [0, 0.1) is 0 Å². The van der Waals surface area contributed by atoms with Crippen LogP contribution in [0.25, 0.3) is 0 Å². The highest BCUT2D eigenvalue weighted by Crippen LogP contribution is 2.06. The topological polar surface area (TPSA) is 90.9 Å². The Balaban J connectivity index is 0.00000625. The van der Waals surface area contributed by atoms with Crippen molar-refractivity contribution in [3.63, 3.8) is 0 Å². The number of benzene rings is 1. The van der Waals surface area contributed by atoms with Gasteiger partial charge in [-0.3, -0.25) is 9.79 Å². The third-order valence-electron chi connectivity index (χ3n) is 3.60. The monoisotopic (exact) mass is 496 g/mol. The number of hydrogen-bond donors (Lipinski definition) is 2. The van der Waals surface area contributed by atoms with Crippen molar-refractivity contribution in [1.29, 1.82) is 0 Å². The van der Waals surface area contributed by atoms with E-state index in [9.17, 15) is 13.2 Å². The van der Waals surface area contributed by atoms with Crippen molar-refractivity contribution >= 4 is 45.7 Å². The highest BCUT2D eigenvalue weighted by Gasteiger charge is 2.10. The SMILES string of the molecule is CN=C(NCc1ccc(C(=O)N(C)C)cc1)NC(C)CCS(C)(=O)=O.I. The van der Waals surface area contributed by atoms with Crippen LogP contribution in [0.1, 0.15) is 29.3 Å². The van der Waals surface area contributed by atoms with Gasteiger partial charge in [0.15, 0.2) is 5.96 Å². The van der Waals surface area contributed by atoms with Gasteiger partial charge in [0, 0.05) is 45.5 Å². The summed E-state index contributed by atoms with van der Waals surface area (Å²) >= 11 is 0. The molecule has 2 N–H and O–H groups in total. The molecule has 9 heteroatoms. The lowest BCUT2D eigenvalue weighted by Gasteiger charge is -2.18. The summed E-state index contributed by atoms with van der Waals surface area (Å²) in [5.74, 6) is 0.714. The van der Waals surface area contributed by atoms with Crippen molar-refractivity contribution in [2.45, 2.75) is 25.9 Å². The Morgan fingerprint density at radius 1 is 1.23 bits per heavy atom. The van der Waals surface area contributed by atoms with Gasteiger partial charge in [-0.1, -0.05) is 12.1 Å². The van der Waals surface area contributed by atoms with Gasteiger partial charge in [0.05, 0.1) is 5.75 Å². The van der Waals surface area contributed by atoms with Crippen LogP contribution in [0.5, 0.6) is 0 Å². The van der Waals surface area contributed by atoms with Crippen molar-refractivity contribution in [2.24, 2.45) is 4.99 Å². The molecule has 0 aromatic heterocycles. The Morgan fingerprint density at radius 3 is 2.27 bits per heavy atom. The van der Waals surface area contributed by atoms with Crippen molar-refractivity contribution < 1.29 is 13.2 Å². The van der Waals surface area contributed by atoms with Gasteiger partial charge in [-0.15, -0.1) is 24.0 Å². The van der Waals surface area contributed by atoms with E-state index in [1.54, 1.807) is 33.3 Å². The lowest BCUT2D eigenvalue weighted by atomic mass is 10.1. The minimum absolute atomic E-state index is 0. The minimum atomic E-state index is -2.97. The van der Waals surface area contributed by atoms with Crippen molar-refractivity contribution in [1.82, 2.24) is 15.5 Å². The van der Waals surface area contributed by atoms with E-state index in [0.29, 0.717) is 24.5 Å². The minimum Gasteiger partial charge on any atom is -0.354 e. The second-order valence-corrected chi connectivity index (χ2v) is 8.55. The lowest BCUT2D eigenvalue weighted by molar-refractivity contribution is 0.0827. The first-order valence-corrected chi connectivity index (χ1v) is 10.1. The highest BCUT2D eigenvalue weighted by molar-refractivity contribution is 14.0. The summed E-state index contributed by atoms with van der Waals surface area (Å²) in [6, 6.07) is 7.36. The zero-order valence-corrected chi connectivity index (χ0v) is 19.1. The second kappa shape index (κ2) is 11.4. The van der Waals surface area contributed by atoms with Crippen molar-refractivity contribution in [2.75, 3.05) is 33.2 Å². The summed E-state index contributed by atoms with van der Waals surface area (Å²) in [6.07, 6.45) is 1.75. The smallest absolute Gasteiger partial charge is 0.253 e. The van der Waals surface area contributed by atoms with E-state index in [0.717, 1.165) is 5.56 Å². The average Bonchev–Trinajstić information content (AvgIpc) is 2.55. The molecule has 1 unspecified atom stereocenters. The molecule has 0 heterocycles. The van der Waals surface area contributed by atoms with Gasteiger partial charge < -0.3 is 15.5 Å². The molecule has 0 aliphatic carbocycles. The largest absolute Gasteiger partial charge is 0.354 e. The lowest BCUT2D eigenvalue weighted by Crippen LogP contribution is -2.42. The number of nitrogens with zero attached hydrogens (tertiary/aromatic N) is 2. The van der Waals surface area contributed by atoms with E-state index in [1.165, 1.54) is 11.2 Å². The third-order valence-corrected chi connectivity index (χ3v) is 4.57. The molecule has 1 rings (SSSR count). The molecule has 1 aromatic rings. The molecule has 0 saturated carbocycles. The molecule has 1 amide bonds. The number of amides is 1. The van der Waals surface area contributed by atoms with Gasteiger partial charge in [0.25, 0.3) is 5.91 Å². The summed E-state index contributed by atoms with van der Waals surface area (Å²) in [5.41, 5.74) is 1.66. The molecule has 0 fully saturated rings. The summed E-state index contributed by atoms with van der Waals surface area (Å²) < 4.78 is 22.4. The van der Waals surface area contributed by atoms with Crippen molar-refractivity contribution in [3.05, 3.63) is 35.4 Å². The first-order valence-electron chi connectivity index (χ1n) is 8.08. The fourth-order valence-electron chi connectivity index (χ4n) is 2.10. The number of hydrogen-bond acceptors (Lipinski definition) is 4. The van der Waals surface area contributed by atoms with Crippen molar-refractivity contribution in [3.8, 4) is 0 Å². The van der Waals surface area contributed by atoms with E-state index in [4.69, 9.17) is 0 Å². The van der Waals surface area contributed by atoms with Gasteiger partial charge in [-0.25, -0.2) is 8.42 Å². The number of carbonyl (C=O) groups is 1. The van der Waals surface area contributed by atoms with Gasteiger partial charge >= 0.3 is 0 Å². The van der Waals surface area contributed by atoms with Crippen LogP contribution in [0.4, 0.5) is 0 Å². The van der Waals surface area contributed by atoms with Gasteiger partial charge in [-0.2, -0.15) is 0 Å². The standard InChI is InChI=1S/C17H28N4O3S.HI/c1-13(10-11-25(5,23)24)20-17(18-2)19-12-14-6-8-15(9-7-14)16(22)21(3)4;/h6-9,13H,10-12H2,1-5H3,(H2,18,19,20);1H. The van der Waals surface area contributed by atoms with E-state index < -0.39 is 9.84 Å². The zero-order chi connectivity index (χ0) is 19.0. The molecular weight excluding hydrogens is 467 g/mol. The Morgan fingerprint density at radius 2 is 1.81 bits per heavy atom. The number of carbonyl (C=O) groups excluding carboxylic acids is 1. The Kier molecular flexibility index (Phi) is 10.8. The molecule has 0 saturated heterocycles. The maximum Gasteiger partial charge on any atom is 0.253 e. The number of aliphatic imine (C=N–C) groups is 1. The van der Waals surface area contributed by atoms with Crippen LogP contribution < -0.4 is 10.6 Å².